The van der Waals surface area contributed by atoms with Crippen LogP contribution in [0.15, 0.2) is 24.3 Å². The van der Waals surface area contributed by atoms with E-state index in [0.29, 0.717) is 31.7 Å². The summed E-state index contributed by atoms with van der Waals surface area (Å²) in [6.07, 6.45) is -4.21. The molecular formula is C14H17F3N2O2. The maximum absolute atomic E-state index is 12.7. The van der Waals surface area contributed by atoms with Gasteiger partial charge in [-0.15, -0.1) is 0 Å². The first-order valence-electron chi connectivity index (χ1n) is 6.63. The van der Waals surface area contributed by atoms with Crippen molar-refractivity contribution in [1.82, 2.24) is 4.90 Å². The Morgan fingerprint density at radius 2 is 2.19 bits per heavy atom. The molecular weight excluding hydrogens is 285 g/mol. The van der Waals surface area contributed by atoms with Gasteiger partial charge in [-0.25, -0.2) is 0 Å². The van der Waals surface area contributed by atoms with Crippen molar-refractivity contribution in [3.8, 4) is 0 Å². The van der Waals surface area contributed by atoms with Crippen molar-refractivity contribution < 1.29 is 22.7 Å². The highest BCUT2D eigenvalue weighted by Crippen LogP contribution is 2.29. The molecule has 0 bridgehead atoms. The van der Waals surface area contributed by atoms with E-state index in [4.69, 9.17) is 10.5 Å². The van der Waals surface area contributed by atoms with Gasteiger partial charge in [0.05, 0.1) is 24.8 Å². The third-order valence-electron chi connectivity index (χ3n) is 3.32. The number of carbonyl (C=O) groups excluding carboxylic acids is 1. The zero-order valence-electron chi connectivity index (χ0n) is 11.4. The minimum atomic E-state index is -4.35. The van der Waals surface area contributed by atoms with E-state index in [1.807, 2.05) is 4.90 Å². The fourth-order valence-electron chi connectivity index (χ4n) is 2.41. The average molecular weight is 302 g/mol. The van der Waals surface area contributed by atoms with E-state index < -0.39 is 17.6 Å². The smallest absolute Gasteiger partial charge is 0.375 e. The molecule has 116 valence electrons. The van der Waals surface area contributed by atoms with Crippen LogP contribution in [0.4, 0.5) is 13.2 Å². The molecule has 7 heteroatoms. The second kappa shape index (κ2) is 6.44. The van der Waals surface area contributed by atoms with Crippen molar-refractivity contribution in [3.63, 3.8) is 0 Å². The molecule has 0 aromatic heterocycles. The van der Waals surface area contributed by atoms with Crippen LogP contribution in [0.3, 0.4) is 0 Å². The Morgan fingerprint density at radius 1 is 1.43 bits per heavy atom. The standard InChI is InChI=1S/C14H17F3N2O2/c15-14(16,17)11-3-1-2-10(6-11)7-12-8-19(4-5-21-12)9-13(18)20/h1-3,6,12H,4-5,7-9H2,(H2,18,20)/t12-/m1/s1. The number of carbonyl (C=O) groups is 1. The van der Waals surface area contributed by atoms with Gasteiger partial charge in [-0.1, -0.05) is 18.2 Å². The van der Waals surface area contributed by atoms with E-state index in [0.717, 1.165) is 12.1 Å². The summed E-state index contributed by atoms with van der Waals surface area (Å²) >= 11 is 0. The molecule has 0 saturated carbocycles. The van der Waals surface area contributed by atoms with Crippen LogP contribution < -0.4 is 5.73 Å². The lowest BCUT2D eigenvalue weighted by atomic mass is 10.0. The Balaban J connectivity index is 1.99. The molecule has 1 aliphatic heterocycles. The minimum Gasteiger partial charge on any atom is -0.375 e. The molecule has 2 N–H and O–H groups in total. The van der Waals surface area contributed by atoms with Gasteiger partial charge in [0.15, 0.2) is 0 Å². The van der Waals surface area contributed by atoms with Crippen LogP contribution in [0.25, 0.3) is 0 Å². The number of amides is 1. The number of benzene rings is 1. The van der Waals surface area contributed by atoms with Crippen LogP contribution in [0.5, 0.6) is 0 Å². The van der Waals surface area contributed by atoms with Gasteiger partial charge < -0.3 is 10.5 Å². The Bertz CT molecular complexity index is 505. The van der Waals surface area contributed by atoms with E-state index in [2.05, 4.69) is 0 Å². The van der Waals surface area contributed by atoms with Crippen LogP contribution >= 0.6 is 0 Å². The summed E-state index contributed by atoms with van der Waals surface area (Å²) in [6.45, 7) is 1.67. The maximum atomic E-state index is 12.7. The second-order valence-electron chi connectivity index (χ2n) is 5.10. The first kappa shape index (κ1) is 15.8. The Labute approximate surface area is 120 Å². The lowest BCUT2D eigenvalue weighted by molar-refractivity contribution is -0.137. The number of morpholine rings is 1. The third-order valence-corrected chi connectivity index (χ3v) is 3.32. The molecule has 2 rings (SSSR count). The molecule has 1 fully saturated rings. The molecule has 1 aromatic rings. The molecule has 1 aromatic carbocycles. The molecule has 1 atom stereocenters. The van der Waals surface area contributed by atoms with Gasteiger partial charge in [0.2, 0.25) is 5.91 Å². The monoisotopic (exact) mass is 302 g/mol. The molecule has 4 nitrogen and oxygen atoms in total. The van der Waals surface area contributed by atoms with E-state index >= 15 is 0 Å². The lowest BCUT2D eigenvalue weighted by Gasteiger charge is -2.32. The second-order valence-corrected chi connectivity index (χ2v) is 5.10. The Kier molecular flexibility index (Phi) is 4.84. The van der Waals surface area contributed by atoms with Gasteiger partial charge >= 0.3 is 6.18 Å². The van der Waals surface area contributed by atoms with Crippen LogP contribution in [0.2, 0.25) is 0 Å². The number of hydrogen-bond acceptors (Lipinski definition) is 3. The predicted octanol–water partition coefficient (Wildman–Crippen LogP) is 1.43. The largest absolute Gasteiger partial charge is 0.416 e. The number of alkyl halides is 3. The molecule has 1 heterocycles. The quantitative estimate of drug-likeness (QED) is 0.915. The van der Waals surface area contributed by atoms with E-state index in [9.17, 15) is 18.0 Å². The summed E-state index contributed by atoms with van der Waals surface area (Å²) < 4.78 is 43.5. The first-order valence-corrected chi connectivity index (χ1v) is 6.63. The molecule has 0 unspecified atom stereocenters. The van der Waals surface area contributed by atoms with E-state index in [1.54, 1.807) is 6.07 Å². The van der Waals surface area contributed by atoms with Gasteiger partial charge in [0.25, 0.3) is 0 Å². The van der Waals surface area contributed by atoms with Crippen LogP contribution in [0.1, 0.15) is 11.1 Å². The van der Waals surface area contributed by atoms with Crippen LogP contribution in [0, 0.1) is 0 Å². The topological polar surface area (TPSA) is 55.6 Å². The minimum absolute atomic E-state index is 0.141. The van der Waals surface area contributed by atoms with Crippen LogP contribution in [-0.4, -0.2) is 43.2 Å². The summed E-state index contributed by atoms with van der Waals surface area (Å²) in [5, 5.41) is 0. The van der Waals surface area contributed by atoms with Crippen LogP contribution in [-0.2, 0) is 22.1 Å². The normalized spacial score (nSPS) is 20.4. The number of hydrogen-bond donors (Lipinski definition) is 1. The summed E-state index contributed by atoms with van der Waals surface area (Å²) in [6, 6.07) is 5.22. The third kappa shape index (κ3) is 4.71. The number of halogens is 3. The van der Waals surface area contributed by atoms with E-state index in [1.165, 1.54) is 6.07 Å². The van der Waals surface area contributed by atoms with Crippen molar-refractivity contribution in [2.75, 3.05) is 26.2 Å². The summed E-state index contributed by atoms with van der Waals surface area (Å²) in [5.41, 5.74) is 5.05. The zero-order valence-corrected chi connectivity index (χ0v) is 11.4. The fraction of sp³-hybridized carbons (Fsp3) is 0.500. The first-order chi connectivity index (χ1) is 9.84. The van der Waals surface area contributed by atoms with Crippen molar-refractivity contribution >= 4 is 5.91 Å². The highest BCUT2D eigenvalue weighted by Gasteiger charge is 2.30. The maximum Gasteiger partial charge on any atom is 0.416 e. The lowest BCUT2D eigenvalue weighted by Crippen LogP contribution is -2.46. The number of ether oxygens (including phenoxy) is 1. The SMILES string of the molecule is NC(=O)CN1CCO[C@H](Cc2cccc(C(F)(F)F)c2)C1. The summed E-state index contributed by atoms with van der Waals surface area (Å²) in [5.74, 6) is -0.422. The molecule has 1 amide bonds. The predicted molar refractivity (Wildman–Crippen MR) is 70.5 cm³/mol. The Hall–Kier alpha value is -1.60. The fourth-order valence-corrected chi connectivity index (χ4v) is 2.41. The number of primary amides is 1. The summed E-state index contributed by atoms with van der Waals surface area (Å²) in [7, 11) is 0. The van der Waals surface area contributed by atoms with Gasteiger partial charge in [-0.2, -0.15) is 13.2 Å². The number of nitrogens with zero attached hydrogens (tertiary/aromatic N) is 1. The zero-order chi connectivity index (χ0) is 15.5. The highest BCUT2D eigenvalue weighted by atomic mass is 19.4. The van der Waals surface area contributed by atoms with Crippen molar-refractivity contribution in [3.05, 3.63) is 35.4 Å². The van der Waals surface area contributed by atoms with Crippen molar-refractivity contribution in [2.24, 2.45) is 5.73 Å². The summed E-state index contributed by atoms with van der Waals surface area (Å²) in [4.78, 5) is 12.8. The van der Waals surface area contributed by atoms with Gasteiger partial charge in [0.1, 0.15) is 0 Å². The molecule has 21 heavy (non-hydrogen) atoms. The van der Waals surface area contributed by atoms with Gasteiger partial charge in [-0.05, 0) is 18.1 Å². The molecule has 0 aliphatic carbocycles. The molecule has 1 saturated heterocycles. The average Bonchev–Trinajstić information content (AvgIpc) is 2.37. The van der Waals surface area contributed by atoms with Crippen molar-refractivity contribution in [2.45, 2.75) is 18.7 Å². The van der Waals surface area contributed by atoms with Gasteiger partial charge in [-0.3, -0.25) is 9.69 Å². The molecule has 1 aliphatic rings. The van der Waals surface area contributed by atoms with Crippen molar-refractivity contribution in [1.29, 1.82) is 0 Å². The van der Waals surface area contributed by atoms with E-state index in [-0.39, 0.29) is 12.6 Å². The highest BCUT2D eigenvalue weighted by molar-refractivity contribution is 5.75. The van der Waals surface area contributed by atoms with Gasteiger partial charge in [0, 0.05) is 13.1 Å². The molecule has 0 radical (unpaired) electrons. The number of nitrogens with two attached hydrogens (primary N) is 1. The Morgan fingerprint density at radius 3 is 2.86 bits per heavy atom. The number of rotatable bonds is 4. The molecule has 0 spiro atoms.